The van der Waals surface area contributed by atoms with E-state index in [1.807, 2.05) is 5.09 Å². The lowest BCUT2D eigenvalue weighted by atomic mass is 9.96. The van der Waals surface area contributed by atoms with E-state index in [1.165, 1.54) is 19.2 Å². The van der Waals surface area contributed by atoms with Gasteiger partial charge in [-0.2, -0.15) is 4.98 Å². The lowest BCUT2D eigenvalue weighted by molar-refractivity contribution is -0.138. The summed E-state index contributed by atoms with van der Waals surface area (Å²) in [4.78, 5) is 35.8. The van der Waals surface area contributed by atoms with Crippen LogP contribution >= 0.6 is 7.75 Å². The maximum atomic E-state index is 11.9. The Hall–Kier alpha value is -1.94. The van der Waals surface area contributed by atoms with Crippen LogP contribution in [0.25, 0.3) is 0 Å². The molecule has 16 heteroatoms. The van der Waals surface area contributed by atoms with E-state index in [-0.39, 0.29) is 18.1 Å². The van der Waals surface area contributed by atoms with E-state index >= 15 is 0 Å². The molecule has 0 aliphatic carbocycles. The molecule has 1 unspecified atom stereocenters. The van der Waals surface area contributed by atoms with Gasteiger partial charge in [-0.05, 0) is 19.9 Å². The van der Waals surface area contributed by atoms with E-state index in [1.54, 1.807) is 0 Å². The van der Waals surface area contributed by atoms with Gasteiger partial charge < -0.3 is 43.0 Å². The first-order valence-electron chi connectivity index (χ1n) is 7.73. The van der Waals surface area contributed by atoms with Crippen LogP contribution in [0.3, 0.4) is 0 Å². The summed E-state index contributed by atoms with van der Waals surface area (Å²) in [5.74, 6) is -1.42. The van der Waals surface area contributed by atoms with Crippen molar-refractivity contribution < 1.29 is 38.8 Å². The number of ether oxygens (including phenoxy) is 1. The second-order valence-corrected chi connectivity index (χ2v) is 7.80. The number of hydrogen-bond donors (Lipinski definition) is 8. The second-order valence-electron chi connectivity index (χ2n) is 6.25. The SMILES string of the molecule is C[C@H](NP(=O)(O)OC[C@H]1O[C@@H](n2ccc(N)nc2=O)[C@](C)(O)[C@@H]1O)C(=O)O.N.N. The molecule has 0 radical (unpaired) electrons. The number of anilines is 1. The van der Waals surface area contributed by atoms with Gasteiger partial charge in [-0.25, -0.2) is 14.4 Å². The molecule has 0 bridgehead atoms. The normalized spacial score (nSPS) is 29.2. The summed E-state index contributed by atoms with van der Waals surface area (Å²) in [7, 11) is -4.53. The van der Waals surface area contributed by atoms with Gasteiger partial charge in [-0.3, -0.25) is 13.9 Å². The fourth-order valence-electron chi connectivity index (χ4n) is 2.49. The van der Waals surface area contributed by atoms with Crippen molar-refractivity contribution in [1.29, 1.82) is 0 Å². The predicted octanol–water partition coefficient (Wildman–Crippen LogP) is -1.66. The molecule has 13 N–H and O–H groups in total. The Morgan fingerprint density at radius 2 is 2.14 bits per heavy atom. The number of aliphatic hydroxyl groups excluding tert-OH is 1. The summed E-state index contributed by atoms with van der Waals surface area (Å²) in [6.45, 7) is 1.67. The van der Waals surface area contributed by atoms with E-state index in [4.69, 9.17) is 20.1 Å². The Bertz CT molecular complexity index is 818. The van der Waals surface area contributed by atoms with Crippen molar-refractivity contribution in [2.75, 3.05) is 12.3 Å². The molecule has 1 aromatic heterocycles. The number of carboxylic acid groups (broad SMARTS) is 1. The zero-order chi connectivity index (χ0) is 20.6. The highest BCUT2D eigenvalue weighted by atomic mass is 31.2. The van der Waals surface area contributed by atoms with Crippen LogP contribution in [0, 0.1) is 0 Å². The van der Waals surface area contributed by atoms with E-state index in [0.29, 0.717) is 0 Å². The average Bonchev–Trinajstić information content (AvgIpc) is 2.76. The van der Waals surface area contributed by atoms with Gasteiger partial charge >= 0.3 is 19.4 Å². The van der Waals surface area contributed by atoms with Crippen molar-refractivity contribution in [1.82, 2.24) is 26.9 Å². The smallest absolute Gasteiger partial charge is 0.403 e. The Labute approximate surface area is 165 Å². The highest BCUT2D eigenvalue weighted by Gasteiger charge is 2.53. The number of nitrogen functional groups attached to an aromatic ring is 1. The monoisotopic (exact) mass is 442 g/mol. The molecule has 15 nitrogen and oxygen atoms in total. The zero-order valence-electron chi connectivity index (χ0n) is 15.8. The van der Waals surface area contributed by atoms with Crippen LogP contribution in [0.1, 0.15) is 20.1 Å². The molecule has 1 saturated heterocycles. The van der Waals surface area contributed by atoms with Gasteiger partial charge in [-0.15, -0.1) is 0 Å². The van der Waals surface area contributed by atoms with E-state index < -0.39 is 56.1 Å². The van der Waals surface area contributed by atoms with Crippen molar-refractivity contribution in [2.24, 2.45) is 0 Å². The minimum Gasteiger partial charge on any atom is -0.480 e. The molecule has 29 heavy (non-hydrogen) atoms. The minimum absolute atomic E-state index is 0. The van der Waals surface area contributed by atoms with Gasteiger partial charge in [0.2, 0.25) is 0 Å². The Kier molecular flexibility index (Phi) is 9.06. The van der Waals surface area contributed by atoms with Gasteiger partial charge in [0, 0.05) is 6.20 Å². The number of carbonyl (C=O) groups is 1. The molecule has 1 aliphatic rings. The lowest BCUT2D eigenvalue weighted by Gasteiger charge is -2.27. The Balaban J connectivity index is 0.00000392. The van der Waals surface area contributed by atoms with Crippen molar-refractivity contribution in [3.05, 3.63) is 22.7 Å². The third-order valence-corrected chi connectivity index (χ3v) is 5.21. The van der Waals surface area contributed by atoms with Crippen molar-refractivity contribution in [3.63, 3.8) is 0 Å². The number of aliphatic carboxylic acids is 1. The summed E-state index contributed by atoms with van der Waals surface area (Å²) >= 11 is 0. The number of rotatable bonds is 7. The minimum atomic E-state index is -4.53. The van der Waals surface area contributed by atoms with Crippen LogP contribution in [0.5, 0.6) is 0 Å². The maximum Gasteiger partial charge on any atom is 0.403 e. The number of nitrogens with one attached hydrogen (secondary N) is 1. The highest BCUT2D eigenvalue weighted by molar-refractivity contribution is 7.50. The van der Waals surface area contributed by atoms with Crippen LogP contribution in [0.15, 0.2) is 17.1 Å². The van der Waals surface area contributed by atoms with E-state index in [0.717, 1.165) is 11.5 Å². The summed E-state index contributed by atoms with van der Waals surface area (Å²) < 4.78 is 23.0. The molecular weight excluding hydrogens is 415 g/mol. The molecule has 1 aromatic rings. The van der Waals surface area contributed by atoms with Gasteiger partial charge in [0.1, 0.15) is 29.7 Å². The van der Waals surface area contributed by atoms with Gasteiger partial charge in [0.15, 0.2) is 6.23 Å². The fraction of sp³-hybridized carbons (Fsp3) is 0.615. The summed E-state index contributed by atoms with van der Waals surface area (Å²) in [5, 5.41) is 31.4. The Morgan fingerprint density at radius 3 is 2.66 bits per heavy atom. The molecule has 6 atom stereocenters. The molecule has 2 rings (SSSR count). The average molecular weight is 442 g/mol. The van der Waals surface area contributed by atoms with Crippen LogP contribution in [0.2, 0.25) is 0 Å². The van der Waals surface area contributed by atoms with Crippen molar-refractivity contribution >= 4 is 19.5 Å². The number of aliphatic hydroxyl groups is 2. The van der Waals surface area contributed by atoms with Crippen molar-refractivity contribution in [2.45, 2.75) is 43.9 Å². The molecule has 0 spiro atoms. The van der Waals surface area contributed by atoms with Gasteiger partial charge in [0.25, 0.3) is 0 Å². The largest absolute Gasteiger partial charge is 0.480 e. The Morgan fingerprint density at radius 1 is 1.55 bits per heavy atom. The molecule has 0 amide bonds. The molecule has 1 aliphatic heterocycles. The second kappa shape index (κ2) is 9.71. The topological polar surface area (TPSA) is 276 Å². The number of nitrogens with zero attached hydrogens (tertiary/aromatic N) is 2. The lowest BCUT2D eigenvalue weighted by Crippen LogP contribution is -2.46. The van der Waals surface area contributed by atoms with E-state index in [9.17, 15) is 29.3 Å². The third kappa shape index (κ3) is 6.02. The summed E-state index contributed by atoms with van der Waals surface area (Å²) in [5.41, 5.74) is 2.60. The number of aromatic nitrogens is 2. The standard InChI is InChI=1S/C13H21N4O9P.2H3N/c1-6(10(19)20)16-27(23,24)25-5-7-9(18)13(2,22)11(26-7)17-4-3-8(14)15-12(17)21;;/h3-4,6-7,9,11,18,22H,5H2,1-2H3,(H,19,20)(H2,14,15,21)(H2,16,23,24);2*1H3/t6-,7+,9+,11+,13+;;/m0../s1. The summed E-state index contributed by atoms with van der Waals surface area (Å²) in [6.07, 6.45) is -3.04. The number of hydrogen-bond acceptors (Lipinski definition) is 11. The van der Waals surface area contributed by atoms with Gasteiger partial charge in [0.05, 0.1) is 6.61 Å². The quantitative estimate of drug-likeness (QED) is 0.219. The molecular formula is C13H27N6O9P. The van der Waals surface area contributed by atoms with Crippen molar-refractivity contribution in [3.8, 4) is 0 Å². The van der Waals surface area contributed by atoms with Crippen LogP contribution in [-0.4, -0.2) is 66.2 Å². The van der Waals surface area contributed by atoms with Crippen LogP contribution < -0.4 is 28.8 Å². The molecule has 2 heterocycles. The molecule has 1 fully saturated rings. The summed E-state index contributed by atoms with van der Waals surface area (Å²) in [6, 6.07) is -0.0820. The third-order valence-electron chi connectivity index (χ3n) is 4.00. The molecule has 0 saturated carbocycles. The van der Waals surface area contributed by atoms with Gasteiger partial charge in [-0.1, -0.05) is 0 Å². The van der Waals surface area contributed by atoms with E-state index in [2.05, 4.69) is 4.98 Å². The molecule has 168 valence electrons. The highest BCUT2D eigenvalue weighted by Crippen LogP contribution is 2.42. The predicted molar refractivity (Wildman–Crippen MR) is 99.5 cm³/mol. The first-order chi connectivity index (χ1) is 12.3. The number of carboxylic acids is 1. The first kappa shape index (κ1) is 27.1. The van der Waals surface area contributed by atoms with Crippen LogP contribution in [0.4, 0.5) is 5.82 Å². The number of nitrogens with two attached hydrogens (primary N) is 1. The molecule has 0 aromatic carbocycles. The first-order valence-corrected chi connectivity index (χ1v) is 9.31. The fourth-order valence-corrected chi connectivity index (χ4v) is 3.52. The maximum absolute atomic E-state index is 11.9. The zero-order valence-corrected chi connectivity index (χ0v) is 16.7. The van der Waals surface area contributed by atoms with Crippen LogP contribution in [-0.2, 0) is 18.6 Å².